The van der Waals surface area contributed by atoms with Gasteiger partial charge in [-0.2, -0.15) is 0 Å². The summed E-state index contributed by atoms with van der Waals surface area (Å²) >= 11 is 0. The van der Waals surface area contributed by atoms with E-state index in [9.17, 15) is 18.8 Å². The van der Waals surface area contributed by atoms with Crippen molar-refractivity contribution in [1.29, 1.82) is 0 Å². The number of aromatic amines is 1. The molecule has 0 spiro atoms. The molecular weight excluding hydrogens is 339 g/mol. The molecule has 8 heteroatoms. The highest BCUT2D eigenvalue weighted by Gasteiger charge is 2.24. The Hall–Kier alpha value is -2.74. The van der Waals surface area contributed by atoms with Gasteiger partial charge in [-0.3, -0.25) is 19.5 Å². The van der Waals surface area contributed by atoms with Crippen LogP contribution < -0.4 is 16.6 Å². The lowest BCUT2D eigenvalue weighted by atomic mass is 10.1. The first-order valence-corrected chi connectivity index (χ1v) is 8.53. The topological polar surface area (TPSA) is 87.2 Å². The van der Waals surface area contributed by atoms with Crippen LogP contribution in [0.4, 0.5) is 4.39 Å². The Bertz CT molecular complexity index is 898. The number of nitrogens with one attached hydrogen (secondary N) is 2. The third kappa shape index (κ3) is 3.91. The van der Waals surface area contributed by atoms with Crippen molar-refractivity contribution in [3.05, 3.63) is 68.2 Å². The van der Waals surface area contributed by atoms with Crippen molar-refractivity contribution in [2.75, 3.05) is 19.6 Å². The summed E-state index contributed by atoms with van der Waals surface area (Å²) < 4.78 is 14.4. The number of H-pyrrole nitrogens is 1. The smallest absolute Gasteiger partial charge is 0.328 e. The predicted molar refractivity (Wildman–Crippen MR) is 94.6 cm³/mol. The van der Waals surface area contributed by atoms with Crippen LogP contribution in [0.2, 0.25) is 0 Å². The van der Waals surface area contributed by atoms with Gasteiger partial charge in [0.15, 0.2) is 0 Å². The number of carbonyl (C=O) groups is 1. The Kier molecular flexibility index (Phi) is 5.32. The lowest BCUT2D eigenvalue weighted by Gasteiger charge is -2.28. The fourth-order valence-corrected chi connectivity index (χ4v) is 3.21. The van der Waals surface area contributed by atoms with E-state index >= 15 is 0 Å². The molecule has 26 heavy (non-hydrogen) atoms. The van der Waals surface area contributed by atoms with E-state index in [4.69, 9.17) is 0 Å². The molecular formula is C18H21FN4O3. The van der Waals surface area contributed by atoms with Gasteiger partial charge >= 0.3 is 5.69 Å². The molecule has 1 amide bonds. The van der Waals surface area contributed by atoms with Gasteiger partial charge in [-0.05, 0) is 43.6 Å². The maximum atomic E-state index is 13.2. The van der Waals surface area contributed by atoms with Crippen LogP contribution in [0.5, 0.6) is 0 Å². The quantitative estimate of drug-likeness (QED) is 0.825. The monoisotopic (exact) mass is 360 g/mol. The molecule has 1 aromatic heterocycles. The highest BCUT2D eigenvalue weighted by molar-refractivity contribution is 5.93. The predicted octanol–water partition coefficient (Wildman–Crippen LogP) is 0.780. The SMILES string of the molecule is Cn1cc(C(=O)NC[C@H](c2ccc(F)cc2)N2CCCC2)c(=O)[nH]c1=O. The summed E-state index contributed by atoms with van der Waals surface area (Å²) in [5.41, 5.74) is -0.507. The number of halogens is 1. The lowest BCUT2D eigenvalue weighted by Crippen LogP contribution is -2.40. The molecule has 0 radical (unpaired) electrons. The van der Waals surface area contributed by atoms with E-state index in [-0.39, 0.29) is 24.0 Å². The number of nitrogens with zero attached hydrogens (tertiary/aromatic N) is 2. The Morgan fingerprint density at radius 2 is 1.88 bits per heavy atom. The van der Waals surface area contributed by atoms with Crippen LogP contribution >= 0.6 is 0 Å². The first-order chi connectivity index (χ1) is 12.5. The zero-order valence-electron chi connectivity index (χ0n) is 14.5. The molecule has 1 atom stereocenters. The number of rotatable bonds is 5. The normalized spacial score (nSPS) is 15.8. The zero-order valence-corrected chi connectivity index (χ0v) is 14.5. The molecule has 3 rings (SSSR count). The lowest BCUT2D eigenvalue weighted by molar-refractivity contribution is 0.0935. The molecule has 0 unspecified atom stereocenters. The maximum absolute atomic E-state index is 13.2. The number of amides is 1. The Labute approximate surface area is 149 Å². The van der Waals surface area contributed by atoms with Gasteiger partial charge in [-0.15, -0.1) is 0 Å². The second kappa shape index (κ2) is 7.65. The van der Waals surface area contributed by atoms with Crippen molar-refractivity contribution in [3.63, 3.8) is 0 Å². The second-order valence-corrected chi connectivity index (χ2v) is 6.43. The molecule has 1 aromatic carbocycles. The third-order valence-corrected chi connectivity index (χ3v) is 4.64. The first kappa shape index (κ1) is 18.1. The maximum Gasteiger partial charge on any atom is 0.328 e. The average Bonchev–Trinajstić information content (AvgIpc) is 3.14. The van der Waals surface area contributed by atoms with Gasteiger partial charge < -0.3 is 9.88 Å². The molecule has 1 saturated heterocycles. The molecule has 0 bridgehead atoms. The van der Waals surface area contributed by atoms with Gasteiger partial charge in [-0.1, -0.05) is 12.1 Å². The van der Waals surface area contributed by atoms with Gasteiger partial charge in [0.2, 0.25) is 0 Å². The van der Waals surface area contributed by atoms with Crippen LogP contribution in [-0.2, 0) is 7.05 Å². The molecule has 1 fully saturated rings. The number of hydrogen-bond donors (Lipinski definition) is 2. The highest BCUT2D eigenvalue weighted by atomic mass is 19.1. The van der Waals surface area contributed by atoms with E-state index in [1.165, 1.54) is 25.4 Å². The van der Waals surface area contributed by atoms with Gasteiger partial charge in [0.1, 0.15) is 11.4 Å². The van der Waals surface area contributed by atoms with Gasteiger partial charge in [0, 0.05) is 19.8 Å². The zero-order chi connectivity index (χ0) is 18.7. The van der Waals surface area contributed by atoms with E-state index in [1.54, 1.807) is 12.1 Å². The molecule has 2 N–H and O–H groups in total. The summed E-state index contributed by atoms with van der Waals surface area (Å²) in [6.07, 6.45) is 3.37. The molecule has 138 valence electrons. The van der Waals surface area contributed by atoms with Gasteiger partial charge in [-0.25, -0.2) is 9.18 Å². The fraction of sp³-hybridized carbons (Fsp3) is 0.389. The van der Waals surface area contributed by atoms with E-state index in [0.717, 1.165) is 36.1 Å². The minimum Gasteiger partial charge on any atom is -0.350 e. The number of aryl methyl sites for hydroxylation is 1. The summed E-state index contributed by atoms with van der Waals surface area (Å²) in [7, 11) is 1.46. The minimum absolute atomic E-state index is 0.103. The molecule has 1 aliphatic heterocycles. The summed E-state index contributed by atoms with van der Waals surface area (Å²) in [4.78, 5) is 40.0. The van der Waals surface area contributed by atoms with Gasteiger partial charge in [0.25, 0.3) is 11.5 Å². The van der Waals surface area contributed by atoms with E-state index in [1.807, 2.05) is 0 Å². The van der Waals surface area contributed by atoms with E-state index in [0.29, 0.717) is 0 Å². The summed E-state index contributed by atoms with van der Waals surface area (Å²) in [5.74, 6) is -0.858. The van der Waals surface area contributed by atoms with Crippen molar-refractivity contribution in [3.8, 4) is 0 Å². The van der Waals surface area contributed by atoms with Crippen LogP contribution in [0.3, 0.4) is 0 Å². The highest BCUT2D eigenvalue weighted by Crippen LogP contribution is 2.24. The van der Waals surface area contributed by atoms with Crippen molar-refractivity contribution in [2.45, 2.75) is 18.9 Å². The average molecular weight is 360 g/mol. The van der Waals surface area contributed by atoms with Crippen molar-refractivity contribution in [1.82, 2.24) is 19.8 Å². The Morgan fingerprint density at radius 3 is 2.54 bits per heavy atom. The molecule has 2 heterocycles. The molecule has 0 aliphatic carbocycles. The number of likely N-dealkylation sites (tertiary alicyclic amines) is 1. The number of carbonyl (C=O) groups excluding carboxylic acids is 1. The number of aromatic nitrogens is 2. The van der Waals surface area contributed by atoms with Crippen molar-refractivity contribution < 1.29 is 9.18 Å². The second-order valence-electron chi connectivity index (χ2n) is 6.43. The molecule has 0 saturated carbocycles. The van der Waals surface area contributed by atoms with Crippen LogP contribution in [-0.4, -0.2) is 40.0 Å². The fourth-order valence-electron chi connectivity index (χ4n) is 3.21. The number of hydrogen-bond acceptors (Lipinski definition) is 4. The van der Waals surface area contributed by atoms with E-state index < -0.39 is 17.2 Å². The van der Waals surface area contributed by atoms with Crippen molar-refractivity contribution in [2.24, 2.45) is 7.05 Å². The summed E-state index contributed by atoms with van der Waals surface area (Å²) in [6.45, 7) is 2.09. The molecule has 1 aliphatic rings. The van der Waals surface area contributed by atoms with Crippen LogP contribution in [0.25, 0.3) is 0 Å². The summed E-state index contributed by atoms with van der Waals surface area (Å²) in [5, 5.41) is 2.77. The van der Waals surface area contributed by atoms with E-state index in [2.05, 4.69) is 15.2 Å². The Morgan fingerprint density at radius 1 is 1.23 bits per heavy atom. The third-order valence-electron chi connectivity index (χ3n) is 4.64. The number of benzene rings is 1. The molecule has 7 nitrogen and oxygen atoms in total. The first-order valence-electron chi connectivity index (χ1n) is 8.53. The van der Waals surface area contributed by atoms with Gasteiger partial charge in [0.05, 0.1) is 6.04 Å². The van der Waals surface area contributed by atoms with Crippen molar-refractivity contribution >= 4 is 5.91 Å². The van der Waals surface area contributed by atoms with Crippen LogP contribution in [0.1, 0.15) is 34.8 Å². The minimum atomic E-state index is -0.717. The van der Waals surface area contributed by atoms with Crippen LogP contribution in [0, 0.1) is 5.82 Å². The standard InChI is InChI=1S/C18H21FN4O3/c1-22-11-14(17(25)21-18(22)26)16(24)20-10-15(23-8-2-3-9-23)12-4-6-13(19)7-5-12/h4-7,11,15H,2-3,8-10H2,1H3,(H,20,24)(H,21,25,26)/t15-/m1/s1. The Balaban J connectivity index is 1.78. The largest absolute Gasteiger partial charge is 0.350 e. The molecule has 2 aromatic rings. The van der Waals surface area contributed by atoms with Crippen LogP contribution in [0.15, 0.2) is 40.1 Å². The summed E-state index contributed by atoms with van der Waals surface area (Å²) in [6, 6.07) is 6.12.